The lowest BCUT2D eigenvalue weighted by Crippen LogP contribution is -2.30. The summed E-state index contributed by atoms with van der Waals surface area (Å²) in [5.41, 5.74) is 5.72. The normalized spacial score (nSPS) is 15.8. The minimum atomic E-state index is -0.182. The molecule has 0 bridgehead atoms. The second kappa shape index (κ2) is 6.33. The van der Waals surface area contributed by atoms with Crippen LogP contribution in [0.2, 0.25) is 0 Å². The van der Waals surface area contributed by atoms with Gasteiger partial charge in [0.15, 0.2) is 5.11 Å². The van der Waals surface area contributed by atoms with E-state index >= 15 is 0 Å². The number of nitrogens with zero attached hydrogens (tertiary/aromatic N) is 1. The van der Waals surface area contributed by atoms with Crippen LogP contribution in [0.4, 0.5) is 5.69 Å². The van der Waals surface area contributed by atoms with Crippen LogP contribution in [-0.4, -0.2) is 16.1 Å². The first-order chi connectivity index (χ1) is 11.8. The molecule has 2 aromatic rings. The van der Waals surface area contributed by atoms with Crippen LogP contribution < -0.4 is 10.2 Å². The minimum Gasteiger partial charge on any atom is -0.507 e. The molecule has 1 aliphatic rings. The Balaban J connectivity index is 1.98. The van der Waals surface area contributed by atoms with Gasteiger partial charge >= 0.3 is 0 Å². The average molecular weight is 352 g/mol. The number of hydrogen-bond donors (Lipinski definition) is 2. The molecular weight excluding hydrogens is 332 g/mol. The number of carbonyl (C=O) groups is 1. The maximum atomic E-state index is 12.8. The van der Waals surface area contributed by atoms with Crippen molar-refractivity contribution in [2.24, 2.45) is 0 Å². The topological polar surface area (TPSA) is 52.6 Å². The van der Waals surface area contributed by atoms with Crippen molar-refractivity contribution >= 4 is 35.0 Å². The first-order valence-electron chi connectivity index (χ1n) is 8.02. The molecule has 0 spiro atoms. The number of thiocarbonyl (C=S) groups is 1. The van der Waals surface area contributed by atoms with Gasteiger partial charge in [0.05, 0.1) is 5.69 Å². The molecule has 0 aliphatic carbocycles. The summed E-state index contributed by atoms with van der Waals surface area (Å²) in [4.78, 5) is 14.4. The number of carbonyl (C=O) groups excluding carboxylic acids is 1. The highest BCUT2D eigenvalue weighted by atomic mass is 32.1. The molecule has 5 heteroatoms. The summed E-state index contributed by atoms with van der Waals surface area (Å²) in [6.07, 6.45) is 1.76. The molecule has 4 nitrogen and oxygen atoms in total. The van der Waals surface area contributed by atoms with E-state index in [2.05, 4.69) is 11.4 Å². The second-order valence-corrected chi connectivity index (χ2v) is 6.86. The molecule has 0 aromatic heterocycles. The molecule has 1 heterocycles. The van der Waals surface area contributed by atoms with Crippen LogP contribution in [-0.2, 0) is 4.79 Å². The Bertz CT molecular complexity index is 888. The lowest BCUT2D eigenvalue weighted by atomic mass is 10.0. The van der Waals surface area contributed by atoms with Crippen molar-refractivity contribution in [3.8, 4) is 5.75 Å². The van der Waals surface area contributed by atoms with Crippen molar-refractivity contribution in [1.82, 2.24) is 5.32 Å². The van der Waals surface area contributed by atoms with E-state index in [4.69, 9.17) is 12.2 Å². The number of phenolic OH excluding ortho intramolecular Hbond substituents is 1. The fourth-order valence-corrected chi connectivity index (χ4v) is 3.39. The third kappa shape index (κ3) is 3.28. The van der Waals surface area contributed by atoms with Gasteiger partial charge in [0.2, 0.25) is 0 Å². The molecular formula is C20H20N2O2S. The number of rotatable bonds is 2. The van der Waals surface area contributed by atoms with Crippen molar-refractivity contribution in [2.45, 2.75) is 27.7 Å². The number of phenols is 1. The van der Waals surface area contributed by atoms with E-state index in [0.29, 0.717) is 10.8 Å². The van der Waals surface area contributed by atoms with Gasteiger partial charge in [0.25, 0.3) is 5.91 Å². The third-order valence-corrected chi connectivity index (χ3v) is 4.45. The van der Waals surface area contributed by atoms with Crippen LogP contribution in [0, 0.1) is 27.7 Å². The molecule has 2 N–H and O–H groups in total. The predicted octanol–water partition coefficient (Wildman–Crippen LogP) is 3.89. The Morgan fingerprint density at radius 3 is 2.12 bits per heavy atom. The van der Waals surface area contributed by atoms with E-state index in [1.807, 2.05) is 52.0 Å². The van der Waals surface area contributed by atoms with Gasteiger partial charge in [-0.1, -0.05) is 6.07 Å². The lowest BCUT2D eigenvalue weighted by molar-refractivity contribution is -0.113. The molecule has 2 aromatic carbocycles. The highest BCUT2D eigenvalue weighted by molar-refractivity contribution is 7.80. The molecule has 1 amide bonds. The highest BCUT2D eigenvalue weighted by Crippen LogP contribution is 2.27. The molecule has 3 rings (SSSR count). The zero-order chi connectivity index (χ0) is 18.3. The minimum absolute atomic E-state index is 0.182. The largest absolute Gasteiger partial charge is 0.507 e. The molecule has 0 atom stereocenters. The number of aryl methyl sites for hydroxylation is 4. The summed E-state index contributed by atoms with van der Waals surface area (Å²) in [6, 6.07) is 9.62. The maximum Gasteiger partial charge on any atom is 0.281 e. The fraction of sp³-hybridized carbons (Fsp3) is 0.200. The van der Waals surface area contributed by atoms with Gasteiger partial charge in [0.1, 0.15) is 11.4 Å². The SMILES string of the molecule is Cc1cc(C)cc(N2C(=O)/C(=C\c3cc(C)c(O)c(C)c3)NC2=S)c1. The monoisotopic (exact) mass is 352 g/mol. The van der Waals surface area contributed by atoms with Crippen LogP contribution in [0.25, 0.3) is 6.08 Å². The molecule has 0 radical (unpaired) electrons. The molecule has 25 heavy (non-hydrogen) atoms. The smallest absolute Gasteiger partial charge is 0.281 e. The lowest BCUT2D eigenvalue weighted by Gasteiger charge is -2.15. The number of amides is 1. The zero-order valence-corrected chi connectivity index (χ0v) is 15.5. The van der Waals surface area contributed by atoms with E-state index < -0.39 is 0 Å². The van der Waals surface area contributed by atoms with Gasteiger partial charge in [-0.2, -0.15) is 0 Å². The summed E-state index contributed by atoms with van der Waals surface area (Å²) in [7, 11) is 0. The van der Waals surface area contributed by atoms with E-state index in [1.54, 1.807) is 6.08 Å². The maximum absolute atomic E-state index is 12.8. The standard InChI is InChI=1S/C20H20N2O2S/c1-11-5-12(2)7-16(6-11)22-19(24)17(21-20(22)25)10-15-8-13(3)18(23)14(4)9-15/h5-10,23H,1-4H3,(H,21,25)/b17-10+. The van der Waals surface area contributed by atoms with E-state index in [-0.39, 0.29) is 11.7 Å². The third-order valence-electron chi connectivity index (χ3n) is 4.17. The van der Waals surface area contributed by atoms with Gasteiger partial charge in [-0.25, -0.2) is 0 Å². The summed E-state index contributed by atoms with van der Waals surface area (Å²) in [5, 5.41) is 13.3. The quantitative estimate of drug-likeness (QED) is 0.636. The second-order valence-electron chi connectivity index (χ2n) is 6.48. The number of aromatic hydroxyl groups is 1. The van der Waals surface area contributed by atoms with Gasteiger partial charge in [-0.3, -0.25) is 9.69 Å². The van der Waals surface area contributed by atoms with E-state index in [1.165, 1.54) is 4.90 Å². The Labute approximate surface area is 152 Å². The van der Waals surface area contributed by atoms with E-state index in [9.17, 15) is 9.90 Å². The predicted molar refractivity (Wildman–Crippen MR) is 105 cm³/mol. The first-order valence-corrected chi connectivity index (χ1v) is 8.43. The van der Waals surface area contributed by atoms with E-state index in [0.717, 1.165) is 33.5 Å². The molecule has 0 unspecified atom stereocenters. The number of benzene rings is 2. The number of nitrogens with one attached hydrogen (secondary N) is 1. The van der Waals surface area contributed by atoms with Crippen molar-refractivity contribution in [1.29, 1.82) is 0 Å². The number of anilines is 1. The van der Waals surface area contributed by atoms with Crippen LogP contribution in [0.1, 0.15) is 27.8 Å². The zero-order valence-electron chi connectivity index (χ0n) is 14.7. The Morgan fingerprint density at radius 1 is 1.00 bits per heavy atom. The van der Waals surface area contributed by atoms with Gasteiger partial charge in [0, 0.05) is 0 Å². The number of hydrogen-bond acceptors (Lipinski definition) is 3. The van der Waals surface area contributed by atoms with Crippen LogP contribution in [0.3, 0.4) is 0 Å². The highest BCUT2D eigenvalue weighted by Gasteiger charge is 2.32. The molecule has 1 fully saturated rings. The Kier molecular flexibility index (Phi) is 4.35. The van der Waals surface area contributed by atoms with Gasteiger partial charge in [-0.05, 0) is 98.1 Å². The summed E-state index contributed by atoms with van der Waals surface area (Å²) in [5.74, 6) is 0.0959. The fourth-order valence-electron chi connectivity index (χ4n) is 3.09. The molecule has 1 aliphatic heterocycles. The van der Waals surface area contributed by atoms with Crippen LogP contribution in [0.5, 0.6) is 5.75 Å². The molecule has 128 valence electrons. The van der Waals surface area contributed by atoms with Gasteiger partial charge < -0.3 is 10.4 Å². The van der Waals surface area contributed by atoms with Crippen LogP contribution >= 0.6 is 12.2 Å². The molecule has 0 saturated carbocycles. The van der Waals surface area contributed by atoms with Crippen molar-refractivity contribution < 1.29 is 9.90 Å². The first kappa shape index (κ1) is 17.2. The summed E-state index contributed by atoms with van der Waals surface area (Å²) in [6.45, 7) is 7.65. The van der Waals surface area contributed by atoms with Crippen molar-refractivity contribution in [3.63, 3.8) is 0 Å². The molecule has 1 saturated heterocycles. The average Bonchev–Trinajstić information content (AvgIpc) is 2.78. The summed E-state index contributed by atoms with van der Waals surface area (Å²) < 4.78 is 0. The van der Waals surface area contributed by atoms with Crippen molar-refractivity contribution in [3.05, 3.63) is 63.8 Å². The Hall–Kier alpha value is -2.66. The van der Waals surface area contributed by atoms with Crippen molar-refractivity contribution in [2.75, 3.05) is 4.90 Å². The summed E-state index contributed by atoms with van der Waals surface area (Å²) >= 11 is 5.36. The van der Waals surface area contributed by atoms with Crippen LogP contribution in [0.15, 0.2) is 36.0 Å². The Morgan fingerprint density at radius 2 is 1.56 bits per heavy atom. The van der Waals surface area contributed by atoms with Gasteiger partial charge in [-0.15, -0.1) is 0 Å².